The van der Waals surface area contributed by atoms with Gasteiger partial charge in [0.2, 0.25) is 5.76 Å². The summed E-state index contributed by atoms with van der Waals surface area (Å²) in [4.78, 5) is 11.6. The molecule has 0 saturated heterocycles. The average Bonchev–Trinajstić information content (AvgIpc) is 2.90. The predicted molar refractivity (Wildman–Crippen MR) is 80.0 cm³/mol. The summed E-state index contributed by atoms with van der Waals surface area (Å²) in [6.45, 7) is 0.412. The molecule has 3 rings (SSSR count). The molecule has 5 nitrogen and oxygen atoms in total. The van der Waals surface area contributed by atoms with E-state index in [0.717, 1.165) is 5.56 Å². The summed E-state index contributed by atoms with van der Waals surface area (Å²) >= 11 is 0. The zero-order valence-electron chi connectivity index (χ0n) is 11.9. The van der Waals surface area contributed by atoms with Gasteiger partial charge in [-0.3, -0.25) is 0 Å². The summed E-state index contributed by atoms with van der Waals surface area (Å²) in [5.74, 6) is -0.419. The first-order valence-corrected chi connectivity index (χ1v) is 6.69. The number of hydrogen-bond donors (Lipinski definition) is 1. The molecule has 0 aliphatic rings. The van der Waals surface area contributed by atoms with Crippen molar-refractivity contribution in [1.29, 1.82) is 0 Å². The van der Waals surface area contributed by atoms with Gasteiger partial charge in [-0.25, -0.2) is 4.79 Å². The number of carbonyl (C=O) groups is 1. The Balaban J connectivity index is 1.87. The molecule has 0 amide bonds. The van der Waals surface area contributed by atoms with Crippen molar-refractivity contribution in [1.82, 2.24) is 0 Å². The highest BCUT2D eigenvalue weighted by Gasteiger charge is 2.20. The summed E-state index contributed by atoms with van der Waals surface area (Å²) in [5.41, 5.74) is 1.04. The van der Waals surface area contributed by atoms with Gasteiger partial charge < -0.3 is 19.0 Å². The van der Waals surface area contributed by atoms with E-state index in [0.29, 0.717) is 23.1 Å². The van der Waals surface area contributed by atoms with Gasteiger partial charge in [0.15, 0.2) is 0 Å². The topological polar surface area (TPSA) is 68.9 Å². The highest BCUT2D eigenvalue weighted by molar-refractivity contribution is 6.04. The summed E-state index contributed by atoms with van der Waals surface area (Å²) in [6.07, 6.45) is 0. The van der Waals surface area contributed by atoms with Crippen LogP contribution >= 0.6 is 0 Å². The number of benzene rings is 2. The van der Waals surface area contributed by atoms with Crippen molar-refractivity contribution in [3.8, 4) is 11.7 Å². The zero-order valence-corrected chi connectivity index (χ0v) is 11.9. The number of hydrogen-bond acceptors (Lipinski definition) is 5. The quantitative estimate of drug-likeness (QED) is 0.746. The fraction of sp³-hybridized carbons (Fsp3) is 0.118. The molecule has 0 fully saturated rings. The maximum atomic E-state index is 11.6. The van der Waals surface area contributed by atoms with E-state index in [1.165, 1.54) is 7.11 Å². The number of fused-ring (bicyclic) bond motifs is 1. The molecule has 0 unspecified atom stereocenters. The molecule has 0 aliphatic carbocycles. The van der Waals surface area contributed by atoms with Crippen LogP contribution in [0, 0.1) is 0 Å². The maximum Gasteiger partial charge on any atom is 0.374 e. The number of esters is 1. The van der Waals surface area contributed by atoms with Crippen molar-refractivity contribution in [2.24, 2.45) is 0 Å². The molecule has 5 heteroatoms. The third kappa shape index (κ3) is 2.61. The molecule has 112 valence electrons. The Kier molecular flexibility index (Phi) is 3.70. The molecular formula is C17H14O5. The van der Waals surface area contributed by atoms with E-state index < -0.39 is 5.97 Å². The van der Waals surface area contributed by atoms with Gasteiger partial charge in [0, 0.05) is 5.39 Å². The minimum atomic E-state index is -0.636. The van der Waals surface area contributed by atoms with Gasteiger partial charge in [-0.2, -0.15) is 0 Å². The van der Waals surface area contributed by atoms with Gasteiger partial charge in [-0.1, -0.05) is 30.3 Å². The first-order valence-electron chi connectivity index (χ1n) is 6.69. The van der Waals surface area contributed by atoms with Crippen molar-refractivity contribution in [2.75, 3.05) is 7.11 Å². The lowest BCUT2D eigenvalue weighted by Gasteiger charge is -2.06. The van der Waals surface area contributed by atoms with Crippen molar-refractivity contribution in [2.45, 2.75) is 6.61 Å². The zero-order chi connectivity index (χ0) is 15.5. The molecule has 0 radical (unpaired) electrons. The number of rotatable bonds is 4. The van der Waals surface area contributed by atoms with Crippen LogP contribution in [0.2, 0.25) is 0 Å². The van der Waals surface area contributed by atoms with Gasteiger partial charge in [0.1, 0.15) is 12.4 Å². The van der Waals surface area contributed by atoms with E-state index in [2.05, 4.69) is 4.74 Å². The SMILES string of the molecule is COC(=O)c1oc(O)c2cc(OCc3ccccc3)ccc12. The van der Waals surface area contributed by atoms with Crippen LogP contribution in [0.25, 0.3) is 10.8 Å². The Morgan fingerprint density at radius 2 is 1.91 bits per heavy atom. The Morgan fingerprint density at radius 1 is 1.14 bits per heavy atom. The van der Waals surface area contributed by atoms with Crippen LogP contribution in [-0.2, 0) is 11.3 Å². The molecule has 1 N–H and O–H groups in total. The highest BCUT2D eigenvalue weighted by atomic mass is 16.5. The number of furan rings is 1. The molecular weight excluding hydrogens is 284 g/mol. The van der Waals surface area contributed by atoms with Gasteiger partial charge in [-0.15, -0.1) is 0 Å². The molecule has 2 aromatic carbocycles. The number of methoxy groups -OCH3 is 1. The second-order valence-corrected chi connectivity index (χ2v) is 4.71. The average molecular weight is 298 g/mol. The first kappa shape index (κ1) is 14.0. The molecule has 1 heterocycles. The van der Waals surface area contributed by atoms with Gasteiger partial charge in [0.05, 0.1) is 12.5 Å². The van der Waals surface area contributed by atoms with E-state index >= 15 is 0 Å². The highest BCUT2D eigenvalue weighted by Crippen LogP contribution is 2.34. The fourth-order valence-corrected chi connectivity index (χ4v) is 2.18. The van der Waals surface area contributed by atoms with Gasteiger partial charge in [0.25, 0.3) is 5.95 Å². The van der Waals surface area contributed by atoms with Crippen LogP contribution in [0.4, 0.5) is 0 Å². The summed E-state index contributed by atoms with van der Waals surface area (Å²) in [6, 6.07) is 14.7. The van der Waals surface area contributed by atoms with Crippen LogP contribution in [0.5, 0.6) is 11.7 Å². The Morgan fingerprint density at radius 3 is 2.64 bits per heavy atom. The molecule has 3 aromatic rings. The summed E-state index contributed by atoms with van der Waals surface area (Å²) in [5, 5.41) is 10.7. The van der Waals surface area contributed by atoms with Gasteiger partial charge >= 0.3 is 5.97 Å². The third-order valence-corrected chi connectivity index (χ3v) is 3.28. The molecule has 1 aromatic heterocycles. The van der Waals surface area contributed by atoms with Crippen molar-refractivity contribution >= 4 is 16.7 Å². The Hall–Kier alpha value is -2.95. The molecule has 0 atom stereocenters. The molecule has 0 spiro atoms. The van der Waals surface area contributed by atoms with Crippen LogP contribution in [0.1, 0.15) is 16.1 Å². The Bertz CT molecular complexity index is 805. The number of carbonyl (C=O) groups excluding carboxylic acids is 1. The number of aromatic hydroxyl groups is 1. The lowest BCUT2D eigenvalue weighted by molar-refractivity contribution is 0.0562. The second-order valence-electron chi connectivity index (χ2n) is 4.71. The summed E-state index contributed by atoms with van der Waals surface area (Å²) < 4.78 is 15.4. The normalized spacial score (nSPS) is 10.6. The van der Waals surface area contributed by atoms with Crippen molar-refractivity contribution in [3.63, 3.8) is 0 Å². The largest absolute Gasteiger partial charge is 0.489 e. The first-order chi connectivity index (χ1) is 10.7. The van der Waals surface area contributed by atoms with E-state index in [1.54, 1.807) is 18.2 Å². The van der Waals surface area contributed by atoms with E-state index in [1.807, 2.05) is 30.3 Å². The van der Waals surface area contributed by atoms with Gasteiger partial charge in [-0.05, 0) is 23.8 Å². The Labute approximate surface area is 126 Å². The summed E-state index contributed by atoms with van der Waals surface area (Å²) in [7, 11) is 1.26. The lowest BCUT2D eigenvalue weighted by Crippen LogP contribution is -1.99. The van der Waals surface area contributed by atoms with E-state index in [-0.39, 0.29) is 11.7 Å². The minimum Gasteiger partial charge on any atom is -0.489 e. The van der Waals surface area contributed by atoms with Crippen LogP contribution in [0.15, 0.2) is 52.9 Å². The van der Waals surface area contributed by atoms with Crippen LogP contribution in [-0.4, -0.2) is 18.2 Å². The predicted octanol–water partition coefficient (Wildman–Crippen LogP) is 3.50. The number of ether oxygens (including phenoxy) is 2. The lowest BCUT2D eigenvalue weighted by atomic mass is 10.1. The molecule has 0 bridgehead atoms. The van der Waals surface area contributed by atoms with Crippen LogP contribution < -0.4 is 4.74 Å². The molecule has 0 aliphatic heterocycles. The third-order valence-electron chi connectivity index (χ3n) is 3.28. The molecule has 22 heavy (non-hydrogen) atoms. The van der Waals surface area contributed by atoms with Crippen LogP contribution in [0.3, 0.4) is 0 Å². The monoisotopic (exact) mass is 298 g/mol. The second kappa shape index (κ2) is 5.81. The van der Waals surface area contributed by atoms with Crippen molar-refractivity contribution < 1.29 is 23.8 Å². The minimum absolute atomic E-state index is 0.0235. The standard InChI is InChI=1S/C17H14O5/c1-20-17(19)15-13-8-7-12(9-14(13)16(18)22-15)21-10-11-5-3-2-4-6-11/h2-9,18H,10H2,1H3. The smallest absolute Gasteiger partial charge is 0.374 e. The van der Waals surface area contributed by atoms with Crippen molar-refractivity contribution in [3.05, 3.63) is 59.9 Å². The fourth-order valence-electron chi connectivity index (χ4n) is 2.18. The van der Waals surface area contributed by atoms with E-state index in [9.17, 15) is 9.90 Å². The molecule has 0 saturated carbocycles. The maximum absolute atomic E-state index is 11.6. The van der Waals surface area contributed by atoms with E-state index in [4.69, 9.17) is 9.15 Å².